The van der Waals surface area contributed by atoms with Crippen molar-refractivity contribution in [2.45, 2.75) is 43.9 Å². The van der Waals surface area contributed by atoms with Gasteiger partial charge in [-0.05, 0) is 53.2 Å². The van der Waals surface area contributed by atoms with Gasteiger partial charge in [0.15, 0.2) is 5.82 Å². The Hall–Kier alpha value is -2.98. The molecule has 2 N–H and O–H groups in total. The molecule has 1 aliphatic heterocycles. The molecule has 2 aromatic heterocycles. The van der Waals surface area contributed by atoms with Crippen LogP contribution in [0.3, 0.4) is 0 Å². The molecule has 4 atom stereocenters. The Labute approximate surface area is 236 Å². The number of halogens is 7. The molecule has 4 unspecified atom stereocenters. The first-order valence-corrected chi connectivity index (χ1v) is 12.9. The van der Waals surface area contributed by atoms with Crippen molar-refractivity contribution in [3.63, 3.8) is 0 Å². The van der Waals surface area contributed by atoms with Gasteiger partial charge < -0.3 is 14.9 Å². The number of aliphatic hydroxyl groups excluding tert-OH is 2. The predicted octanol–water partition coefficient (Wildman–Crippen LogP) is 4.97. The molecule has 1 aliphatic rings. The summed E-state index contributed by atoms with van der Waals surface area (Å²) in [7, 11) is 0. The van der Waals surface area contributed by atoms with Gasteiger partial charge in [-0.1, -0.05) is 16.8 Å². The van der Waals surface area contributed by atoms with Crippen LogP contribution in [0.1, 0.15) is 35.8 Å². The van der Waals surface area contributed by atoms with E-state index in [1.807, 2.05) is 0 Å². The highest BCUT2D eigenvalue weighted by Crippen LogP contribution is 2.41. The normalized spacial score (nSPS) is 21.6. The average molecular weight is 650 g/mol. The zero-order valence-electron chi connectivity index (χ0n) is 20.3. The summed E-state index contributed by atoms with van der Waals surface area (Å²) < 4.78 is 77.7. The second-order valence-electron chi connectivity index (χ2n) is 9.08. The minimum atomic E-state index is -4.73. The van der Waals surface area contributed by atoms with Crippen LogP contribution in [-0.4, -0.2) is 58.8 Å². The lowest BCUT2D eigenvalue weighted by Crippen LogP contribution is -2.45. The van der Waals surface area contributed by atoms with Gasteiger partial charge in [0.1, 0.15) is 41.5 Å². The fourth-order valence-electron chi connectivity index (χ4n) is 4.62. The number of ether oxygens (including phenoxy) is 1. The summed E-state index contributed by atoms with van der Waals surface area (Å²) in [5, 5.41) is 36.8. The lowest BCUT2D eigenvalue weighted by Gasteiger charge is -2.38. The molecule has 0 bridgehead atoms. The second kappa shape index (κ2) is 10.8. The SMILES string of the molecule is Cc1nnc(C2CC(n3cc(-c4cc(F)c(Br)c(F)c4)nn3)C(O)C(CO)O2)n1-c1cc(Cl)ccc1C(F)(F)F. The van der Waals surface area contributed by atoms with Gasteiger partial charge in [0.25, 0.3) is 0 Å². The van der Waals surface area contributed by atoms with Crippen molar-refractivity contribution in [2.75, 3.05) is 6.61 Å². The van der Waals surface area contributed by atoms with Crippen LogP contribution in [0.5, 0.6) is 0 Å². The topological polar surface area (TPSA) is 111 Å². The molecule has 0 radical (unpaired) electrons. The molecule has 0 amide bonds. The largest absolute Gasteiger partial charge is 0.418 e. The molecule has 40 heavy (non-hydrogen) atoms. The van der Waals surface area contributed by atoms with Crippen LogP contribution in [0, 0.1) is 18.6 Å². The molecule has 2 aromatic carbocycles. The number of aromatic nitrogens is 6. The van der Waals surface area contributed by atoms with Crippen molar-refractivity contribution >= 4 is 27.5 Å². The van der Waals surface area contributed by atoms with Gasteiger partial charge in [-0.25, -0.2) is 13.5 Å². The minimum Gasteiger partial charge on any atom is -0.394 e. The molecular weight excluding hydrogens is 631 g/mol. The van der Waals surface area contributed by atoms with Crippen LogP contribution in [0.25, 0.3) is 16.9 Å². The number of hydrogen-bond acceptors (Lipinski definition) is 7. The van der Waals surface area contributed by atoms with E-state index >= 15 is 0 Å². The Morgan fingerprint density at radius 3 is 2.48 bits per heavy atom. The third-order valence-corrected chi connectivity index (χ3v) is 7.52. The summed E-state index contributed by atoms with van der Waals surface area (Å²) in [6.45, 7) is 0.813. The van der Waals surface area contributed by atoms with Gasteiger partial charge in [-0.2, -0.15) is 13.2 Å². The average Bonchev–Trinajstić information content (AvgIpc) is 3.53. The number of aryl methyl sites for hydroxylation is 1. The number of benzene rings is 2. The summed E-state index contributed by atoms with van der Waals surface area (Å²) >= 11 is 8.84. The maximum atomic E-state index is 14.1. The molecule has 16 heteroatoms. The van der Waals surface area contributed by atoms with Crippen molar-refractivity contribution in [3.05, 3.63) is 74.9 Å². The van der Waals surface area contributed by atoms with E-state index in [0.29, 0.717) is 0 Å². The summed E-state index contributed by atoms with van der Waals surface area (Å²) in [5.74, 6) is -1.63. The molecule has 5 rings (SSSR count). The van der Waals surface area contributed by atoms with Crippen molar-refractivity contribution in [1.82, 2.24) is 29.8 Å². The molecule has 0 saturated carbocycles. The van der Waals surface area contributed by atoms with Crippen LogP contribution in [0.15, 0.2) is 41.0 Å². The fraction of sp³-hybridized carbons (Fsp3) is 0.333. The van der Waals surface area contributed by atoms with Crippen molar-refractivity contribution in [1.29, 1.82) is 0 Å². The smallest absolute Gasteiger partial charge is 0.394 e. The zero-order valence-corrected chi connectivity index (χ0v) is 22.7. The summed E-state index contributed by atoms with van der Waals surface area (Å²) in [6, 6.07) is 4.27. The van der Waals surface area contributed by atoms with Gasteiger partial charge >= 0.3 is 6.18 Å². The quantitative estimate of drug-likeness (QED) is 0.232. The Bertz CT molecular complexity index is 1540. The molecule has 212 valence electrons. The Kier molecular flexibility index (Phi) is 7.69. The van der Waals surface area contributed by atoms with E-state index in [0.717, 1.165) is 34.9 Å². The van der Waals surface area contributed by atoms with Crippen LogP contribution in [0.2, 0.25) is 5.02 Å². The van der Waals surface area contributed by atoms with E-state index in [2.05, 4.69) is 36.4 Å². The number of hydrogen-bond donors (Lipinski definition) is 2. The monoisotopic (exact) mass is 648 g/mol. The van der Waals surface area contributed by atoms with Crippen LogP contribution in [-0.2, 0) is 10.9 Å². The highest BCUT2D eigenvalue weighted by Gasteiger charge is 2.43. The Balaban J connectivity index is 1.54. The molecule has 1 saturated heterocycles. The third-order valence-electron chi connectivity index (χ3n) is 6.52. The Morgan fingerprint density at radius 1 is 1.12 bits per heavy atom. The molecular formula is C24H19BrClF5N6O3. The summed E-state index contributed by atoms with van der Waals surface area (Å²) in [4.78, 5) is 0. The van der Waals surface area contributed by atoms with E-state index in [9.17, 15) is 32.2 Å². The van der Waals surface area contributed by atoms with Gasteiger partial charge in [0, 0.05) is 17.0 Å². The molecule has 4 aromatic rings. The highest BCUT2D eigenvalue weighted by molar-refractivity contribution is 9.10. The number of alkyl halides is 3. The van der Waals surface area contributed by atoms with Gasteiger partial charge in [0.05, 0.1) is 34.6 Å². The first kappa shape index (κ1) is 28.5. The summed E-state index contributed by atoms with van der Waals surface area (Å²) in [6.07, 6.45) is -7.04. The van der Waals surface area contributed by atoms with Crippen molar-refractivity contribution < 1.29 is 36.9 Å². The lowest BCUT2D eigenvalue weighted by molar-refractivity contribution is -0.161. The molecule has 0 aliphatic carbocycles. The van der Waals surface area contributed by atoms with E-state index < -0.39 is 54.3 Å². The third kappa shape index (κ3) is 5.23. The minimum absolute atomic E-state index is 0.0296. The molecule has 9 nitrogen and oxygen atoms in total. The molecule has 1 fully saturated rings. The molecule has 3 heterocycles. The van der Waals surface area contributed by atoms with Crippen LogP contribution >= 0.6 is 27.5 Å². The first-order valence-electron chi connectivity index (χ1n) is 11.7. The van der Waals surface area contributed by atoms with Gasteiger partial charge in [0.2, 0.25) is 0 Å². The van der Waals surface area contributed by atoms with Gasteiger partial charge in [-0.15, -0.1) is 15.3 Å². The van der Waals surface area contributed by atoms with Crippen molar-refractivity contribution in [3.8, 4) is 16.9 Å². The molecule has 0 spiro atoms. The van der Waals surface area contributed by atoms with E-state index in [4.69, 9.17) is 16.3 Å². The number of rotatable bonds is 5. The maximum Gasteiger partial charge on any atom is 0.418 e. The maximum absolute atomic E-state index is 14.1. The van der Waals surface area contributed by atoms with E-state index in [1.165, 1.54) is 17.8 Å². The zero-order chi connectivity index (χ0) is 28.9. The standard InChI is InChI=1S/C24H19BrClF5N6O3/c1-10-32-34-23(37(10)17-6-12(26)2-3-13(17)24(29,30)31)19-7-18(22(39)20(9-38)40-19)36-8-16(33-35-36)11-4-14(27)21(25)15(28)5-11/h2-6,8,18-20,22,38-39H,7,9H2,1H3. The first-order chi connectivity index (χ1) is 18.9. The second-order valence-corrected chi connectivity index (χ2v) is 10.3. The Morgan fingerprint density at radius 2 is 1.82 bits per heavy atom. The van der Waals surface area contributed by atoms with Crippen molar-refractivity contribution in [2.24, 2.45) is 0 Å². The van der Waals surface area contributed by atoms with Gasteiger partial charge in [-0.3, -0.25) is 4.57 Å². The summed E-state index contributed by atoms with van der Waals surface area (Å²) in [5.41, 5.74) is -1.14. The van der Waals surface area contributed by atoms with Crippen LogP contribution < -0.4 is 0 Å². The number of nitrogens with zero attached hydrogens (tertiary/aromatic N) is 6. The van der Waals surface area contributed by atoms with E-state index in [-0.39, 0.29) is 44.5 Å². The van der Waals surface area contributed by atoms with Crippen LogP contribution in [0.4, 0.5) is 22.0 Å². The lowest BCUT2D eigenvalue weighted by atomic mass is 9.95. The predicted molar refractivity (Wildman–Crippen MR) is 134 cm³/mol. The number of aliphatic hydroxyl groups is 2. The fourth-order valence-corrected chi connectivity index (χ4v) is 5.02. The highest BCUT2D eigenvalue weighted by atomic mass is 79.9. The van der Waals surface area contributed by atoms with E-state index in [1.54, 1.807) is 0 Å².